The number of allylic oxidation sites excluding steroid dienone is 2. The van der Waals surface area contributed by atoms with Gasteiger partial charge in [-0.25, -0.2) is 4.68 Å². The monoisotopic (exact) mass is 267 g/mol. The highest BCUT2D eigenvalue weighted by Gasteiger charge is 2.24. The fraction of sp³-hybridized carbons (Fsp3) is 0.267. The lowest BCUT2D eigenvalue weighted by molar-refractivity contribution is 0.778. The third-order valence-electron chi connectivity index (χ3n) is 3.82. The van der Waals surface area contributed by atoms with E-state index in [1.165, 1.54) is 0 Å². The molecule has 5 heteroatoms. The van der Waals surface area contributed by atoms with Gasteiger partial charge in [-0.1, -0.05) is 17.3 Å². The van der Waals surface area contributed by atoms with Crippen LogP contribution in [-0.2, 0) is 6.42 Å². The summed E-state index contributed by atoms with van der Waals surface area (Å²) in [6, 6.07) is 8.18. The van der Waals surface area contributed by atoms with Gasteiger partial charge in [0, 0.05) is 19.2 Å². The molecule has 20 heavy (non-hydrogen) atoms. The number of para-hydroxylation sites is 2. The van der Waals surface area contributed by atoms with E-state index in [2.05, 4.69) is 46.1 Å². The number of rotatable bonds is 1. The Morgan fingerprint density at radius 1 is 1.30 bits per heavy atom. The standard InChI is InChI=1S/C15H17N5/c1-10(16-3)14-9-15-11(2)17-18-20(15)13-8-6-5-7-12(13)19(14)4/h5-8H,3,9H2,1-2,4H3/b14-10-. The first kappa shape index (κ1) is 12.6. The highest BCUT2D eigenvalue weighted by atomic mass is 15.4. The van der Waals surface area contributed by atoms with E-state index in [1.807, 2.05) is 30.7 Å². The van der Waals surface area contributed by atoms with Gasteiger partial charge in [0.2, 0.25) is 0 Å². The topological polar surface area (TPSA) is 46.3 Å². The average molecular weight is 267 g/mol. The highest BCUT2D eigenvalue weighted by molar-refractivity contribution is 5.67. The van der Waals surface area contributed by atoms with Crippen LogP contribution in [0.3, 0.4) is 0 Å². The van der Waals surface area contributed by atoms with Crippen molar-refractivity contribution >= 4 is 12.4 Å². The smallest absolute Gasteiger partial charge is 0.0903 e. The van der Waals surface area contributed by atoms with Crippen molar-refractivity contribution in [3.05, 3.63) is 47.0 Å². The number of benzene rings is 1. The van der Waals surface area contributed by atoms with Crippen molar-refractivity contribution in [3.63, 3.8) is 0 Å². The van der Waals surface area contributed by atoms with Gasteiger partial charge in [0.25, 0.3) is 0 Å². The summed E-state index contributed by atoms with van der Waals surface area (Å²) in [4.78, 5) is 6.26. The lowest BCUT2D eigenvalue weighted by Crippen LogP contribution is -2.18. The van der Waals surface area contributed by atoms with E-state index in [1.54, 1.807) is 0 Å². The minimum absolute atomic E-state index is 0.745. The number of anilines is 1. The Hall–Kier alpha value is -2.43. The van der Waals surface area contributed by atoms with E-state index in [0.29, 0.717) is 0 Å². The molecule has 0 amide bonds. The Morgan fingerprint density at radius 2 is 2.00 bits per heavy atom. The number of hydrogen-bond donors (Lipinski definition) is 0. The Kier molecular flexibility index (Phi) is 2.89. The number of aromatic nitrogens is 3. The molecule has 0 spiro atoms. The fourth-order valence-electron chi connectivity index (χ4n) is 2.58. The molecule has 1 aliphatic rings. The van der Waals surface area contributed by atoms with E-state index in [-0.39, 0.29) is 0 Å². The van der Waals surface area contributed by atoms with Crippen LogP contribution in [0.1, 0.15) is 18.3 Å². The largest absolute Gasteiger partial charge is 0.344 e. The van der Waals surface area contributed by atoms with E-state index in [4.69, 9.17) is 0 Å². The van der Waals surface area contributed by atoms with Crippen molar-refractivity contribution in [2.45, 2.75) is 20.3 Å². The van der Waals surface area contributed by atoms with Crippen LogP contribution in [0.2, 0.25) is 0 Å². The molecule has 0 radical (unpaired) electrons. The van der Waals surface area contributed by atoms with Gasteiger partial charge in [0.1, 0.15) is 0 Å². The number of fused-ring (bicyclic) bond motifs is 3. The maximum absolute atomic E-state index is 4.28. The molecule has 0 fully saturated rings. The molecule has 1 aromatic carbocycles. The van der Waals surface area contributed by atoms with Crippen molar-refractivity contribution in [1.82, 2.24) is 15.0 Å². The summed E-state index contributed by atoms with van der Waals surface area (Å²) in [5, 5.41) is 8.49. The summed E-state index contributed by atoms with van der Waals surface area (Å²) in [5.41, 5.74) is 6.23. The molecular weight excluding hydrogens is 250 g/mol. The van der Waals surface area contributed by atoms with Gasteiger partial charge >= 0.3 is 0 Å². The third-order valence-corrected chi connectivity index (χ3v) is 3.82. The zero-order valence-electron chi connectivity index (χ0n) is 12.0. The average Bonchev–Trinajstić information content (AvgIpc) is 2.78. The lowest BCUT2D eigenvalue weighted by Gasteiger charge is -2.22. The number of hydrogen-bond acceptors (Lipinski definition) is 4. The van der Waals surface area contributed by atoms with Crippen molar-refractivity contribution in [2.75, 3.05) is 11.9 Å². The molecular formula is C15H17N5. The molecule has 0 bridgehead atoms. The van der Waals surface area contributed by atoms with Gasteiger partial charge in [0.15, 0.2) is 0 Å². The predicted molar refractivity (Wildman–Crippen MR) is 80.5 cm³/mol. The Balaban J connectivity index is 2.33. The minimum Gasteiger partial charge on any atom is -0.344 e. The quantitative estimate of drug-likeness (QED) is 0.746. The second-order valence-corrected chi connectivity index (χ2v) is 4.95. The zero-order valence-corrected chi connectivity index (χ0v) is 12.0. The molecule has 0 unspecified atom stereocenters. The van der Waals surface area contributed by atoms with Crippen LogP contribution < -0.4 is 4.90 Å². The predicted octanol–water partition coefficient (Wildman–Crippen LogP) is 2.50. The van der Waals surface area contributed by atoms with Crippen molar-refractivity contribution < 1.29 is 0 Å². The maximum Gasteiger partial charge on any atom is 0.0903 e. The Morgan fingerprint density at radius 3 is 2.70 bits per heavy atom. The lowest BCUT2D eigenvalue weighted by atomic mass is 10.1. The summed E-state index contributed by atoms with van der Waals surface area (Å²) in [7, 11) is 2.05. The van der Waals surface area contributed by atoms with Crippen molar-refractivity contribution in [1.29, 1.82) is 0 Å². The summed E-state index contributed by atoms with van der Waals surface area (Å²) in [5.74, 6) is 0. The highest BCUT2D eigenvalue weighted by Crippen LogP contribution is 2.33. The van der Waals surface area contributed by atoms with E-state index in [9.17, 15) is 0 Å². The second-order valence-electron chi connectivity index (χ2n) is 4.95. The normalized spacial score (nSPS) is 16.2. The van der Waals surface area contributed by atoms with Gasteiger partial charge in [-0.15, -0.1) is 5.10 Å². The van der Waals surface area contributed by atoms with Gasteiger partial charge in [-0.05, 0) is 32.7 Å². The van der Waals surface area contributed by atoms with Gasteiger partial charge < -0.3 is 4.90 Å². The summed E-state index contributed by atoms with van der Waals surface area (Å²) in [6.45, 7) is 7.62. The Bertz CT molecular complexity index is 711. The van der Waals surface area contributed by atoms with Gasteiger partial charge in [-0.3, -0.25) is 4.99 Å². The first-order valence-electron chi connectivity index (χ1n) is 6.54. The van der Waals surface area contributed by atoms with Crippen LogP contribution in [0.4, 0.5) is 5.69 Å². The summed E-state index contributed by atoms with van der Waals surface area (Å²) >= 11 is 0. The van der Waals surface area contributed by atoms with E-state index >= 15 is 0 Å². The van der Waals surface area contributed by atoms with Crippen molar-refractivity contribution in [3.8, 4) is 5.69 Å². The molecule has 5 nitrogen and oxygen atoms in total. The summed E-state index contributed by atoms with van der Waals surface area (Å²) in [6.07, 6.45) is 0.745. The Labute approximate surface area is 118 Å². The fourth-order valence-corrected chi connectivity index (χ4v) is 2.58. The molecule has 102 valence electrons. The first-order chi connectivity index (χ1) is 9.63. The minimum atomic E-state index is 0.745. The third kappa shape index (κ3) is 1.74. The van der Waals surface area contributed by atoms with Crippen LogP contribution >= 0.6 is 0 Å². The number of likely N-dealkylation sites (N-methyl/N-ethyl adjacent to an activating group) is 1. The molecule has 0 saturated heterocycles. The molecule has 3 rings (SSSR count). The van der Waals surface area contributed by atoms with Crippen LogP contribution in [-0.4, -0.2) is 28.8 Å². The van der Waals surface area contributed by atoms with Crippen molar-refractivity contribution in [2.24, 2.45) is 4.99 Å². The van der Waals surface area contributed by atoms with E-state index < -0.39 is 0 Å². The van der Waals surface area contributed by atoms with Gasteiger partial charge in [-0.2, -0.15) is 0 Å². The number of aryl methyl sites for hydroxylation is 1. The molecule has 2 heterocycles. The SMILES string of the molecule is C=N/C(C)=C1/Cc2c(C)nnn2-c2ccccc2N1C. The number of aliphatic imine (C=N–C) groups is 1. The molecule has 0 N–H and O–H groups in total. The molecule has 2 aromatic rings. The molecule has 0 aliphatic carbocycles. The van der Waals surface area contributed by atoms with Crippen LogP contribution in [0.15, 0.2) is 40.7 Å². The number of nitrogens with zero attached hydrogens (tertiary/aromatic N) is 5. The summed E-state index contributed by atoms with van der Waals surface area (Å²) < 4.78 is 1.92. The molecule has 1 aliphatic heterocycles. The van der Waals surface area contributed by atoms with Crippen LogP contribution in [0.25, 0.3) is 5.69 Å². The zero-order chi connectivity index (χ0) is 14.3. The van der Waals surface area contributed by atoms with Gasteiger partial charge in [0.05, 0.1) is 28.5 Å². The maximum atomic E-state index is 4.28. The molecule has 0 atom stereocenters. The first-order valence-corrected chi connectivity index (χ1v) is 6.54. The molecule has 0 saturated carbocycles. The molecule has 1 aromatic heterocycles. The van der Waals surface area contributed by atoms with Crippen LogP contribution in [0.5, 0.6) is 0 Å². The van der Waals surface area contributed by atoms with E-state index in [0.717, 1.165) is 40.6 Å². The van der Waals surface area contributed by atoms with Crippen LogP contribution in [0, 0.1) is 6.92 Å². The second kappa shape index (κ2) is 4.59.